The Balaban J connectivity index is 1.82. The van der Waals surface area contributed by atoms with E-state index in [9.17, 15) is 19.8 Å². The highest BCUT2D eigenvalue weighted by Gasteiger charge is 2.77. The molecule has 1 aromatic rings. The second kappa shape index (κ2) is 8.15. The van der Waals surface area contributed by atoms with Gasteiger partial charge in [-0.15, -0.1) is 0 Å². The molecule has 0 bridgehead atoms. The van der Waals surface area contributed by atoms with E-state index in [4.69, 9.17) is 18.6 Å². The first-order chi connectivity index (χ1) is 15.1. The Morgan fingerprint density at radius 3 is 2.59 bits per heavy atom. The van der Waals surface area contributed by atoms with E-state index in [1.165, 1.54) is 26.4 Å². The number of hydrogen-bond donors (Lipinski definition) is 2. The molecule has 32 heavy (non-hydrogen) atoms. The van der Waals surface area contributed by atoms with E-state index < -0.39 is 46.7 Å². The summed E-state index contributed by atoms with van der Waals surface area (Å²) < 4.78 is 22.6. The Hall–Kier alpha value is -1.90. The van der Waals surface area contributed by atoms with Crippen molar-refractivity contribution in [1.82, 2.24) is 0 Å². The molecular formula is C24H34O8. The van der Waals surface area contributed by atoms with Crippen molar-refractivity contribution in [3.05, 3.63) is 24.2 Å². The van der Waals surface area contributed by atoms with Crippen LogP contribution >= 0.6 is 0 Å². The third-order valence-electron chi connectivity index (χ3n) is 8.57. The van der Waals surface area contributed by atoms with E-state index in [-0.39, 0.29) is 18.4 Å². The number of carbonyl (C=O) groups is 2. The van der Waals surface area contributed by atoms with E-state index >= 15 is 0 Å². The fraction of sp³-hybridized carbons (Fsp3) is 0.750. The van der Waals surface area contributed by atoms with E-state index in [1.54, 1.807) is 6.07 Å². The monoisotopic (exact) mass is 450 g/mol. The maximum atomic E-state index is 12.1. The van der Waals surface area contributed by atoms with E-state index in [0.29, 0.717) is 18.6 Å². The largest absolute Gasteiger partial charge is 0.472 e. The second-order valence-electron chi connectivity index (χ2n) is 10.1. The number of esters is 2. The fourth-order valence-corrected chi connectivity index (χ4v) is 6.77. The summed E-state index contributed by atoms with van der Waals surface area (Å²) in [5.74, 6) is -1.34. The minimum Gasteiger partial charge on any atom is -0.472 e. The van der Waals surface area contributed by atoms with Crippen molar-refractivity contribution in [3.8, 4) is 0 Å². The van der Waals surface area contributed by atoms with Gasteiger partial charge in [-0.25, -0.2) is 0 Å². The number of furan rings is 1. The summed E-state index contributed by atoms with van der Waals surface area (Å²) >= 11 is 0. The van der Waals surface area contributed by atoms with Gasteiger partial charge in [0.15, 0.2) is 0 Å². The molecule has 3 fully saturated rings. The summed E-state index contributed by atoms with van der Waals surface area (Å²) in [6, 6.07) is 1.73. The molecule has 2 heterocycles. The van der Waals surface area contributed by atoms with Crippen LogP contribution in [0.25, 0.3) is 0 Å². The van der Waals surface area contributed by atoms with Crippen LogP contribution in [-0.4, -0.2) is 53.2 Å². The van der Waals surface area contributed by atoms with Crippen molar-refractivity contribution >= 4 is 11.9 Å². The Morgan fingerprint density at radius 2 is 2.03 bits per heavy atom. The molecule has 1 spiro atoms. The zero-order valence-corrected chi connectivity index (χ0v) is 19.2. The fourth-order valence-electron chi connectivity index (χ4n) is 6.77. The van der Waals surface area contributed by atoms with Crippen molar-refractivity contribution in [2.75, 3.05) is 13.2 Å². The SMILES string of the molecule is CC(=O)OC[C@@]12[C@H](CCC[C@]13CO3)[C@@](C)(C[C@@H](O)c1ccoc1)[C@H](C)[C@@H](O)[C@@H]2OC(C)=O. The average molecular weight is 451 g/mol. The first kappa shape index (κ1) is 23.3. The molecule has 4 rings (SSSR count). The van der Waals surface area contributed by atoms with Gasteiger partial charge in [0.05, 0.1) is 36.8 Å². The van der Waals surface area contributed by atoms with Gasteiger partial charge in [0.1, 0.15) is 18.3 Å². The highest BCUT2D eigenvalue weighted by atomic mass is 16.6. The lowest BCUT2D eigenvalue weighted by Gasteiger charge is -2.64. The van der Waals surface area contributed by atoms with Gasteiger partial charge >= 0.3 is 11.9 Å². The molecule has 8 nitrogen and oxygen atoms in total. The van der Waals surface area contributed by atoms with Gasteiger partial charge in [0.2, 0.25) is 0 Å². The van der Waals surface area contributed by atoms with Gasteiger partial charge in [-0.05, 0) is 42.6 Å². The lowest BCUT2D eigenvalue weighted by atomic mass is 9.42. The molecule has 0 radical (unpaired) electrons. The van der Waals surface area contributed by atoms with Crippen LogP contribution in [0, 0.1) is 22.7 Å². The number of aliphatic hydroxyl groups is 2. The third kappa shape index (κ3) is 3.47. The smallest absolute Gasteiger partial charge is 0.303 e. The van der Waals surface area contributed by atoms with E-state index in [0.717, 1.165) is 19.3 Å². The van der Waals surface area contributed by atoms with Crippen LogP contribution in [0.5, 0.6) is 0 Å². The minimum atomic E-state index is -1.01. The van der Waals surface area contributed by atoms with Crippen LogP contribution in [0.2, 0.25) is 0 Å². The van der Waals surface area contributed by atoms with Gasteiger partial charge in [-0.2, -0.15) is 0 Å². The lowest BCUT2D eigenvalue weighted by molar-refractivity contribution is -0.266. The second-order valence-corrected chi connectivity index (χ2v) is 10.1. The average Bonchev–Trinajstić information content (AvgIpc) is 3.29. The highest BCUT2D eigenvalue weighted by Crippen LogP contribution is 2.69. The zero-order valence-electron chi connectivity index (χ0n) is 19.2. The molecule has 8 heteroatoms. The summed E-state index contributed by atoms with van der Waals surface area (Å²) in [5, 5.41) is 22.6. The molecule has 2 aliphatic carbocycles. The van der Waals surface area contributed by atoms with Gasteiger partial charge < -0.3 is 28.8 Å². The van der Waals surface area contributed by atoms with Crippen molar-refractivity contribution in [2.24, 2.45) is 22.7 Å². The van der Waals surface area contributed by atoms with Crippen molar-refractivity contribution in [3.63, 3.8) is 0 Å². The van der Waals surface area contributed by atoms with Gasteiger partial charge in [0, 0.05) is 19.4 Å². The van der Waals surface area contributed by atoms with Crippen LogP contribution in [0.4, 0.5) is 0 Å². The molecule has 1 saturated heterocycles. The Labute approximate surface area is 188 Å². The summed E-state index contributed by atoms with van der Waals surface area (Å²) in [4.78, 5) is 24.0. The van der Waals surface area contributed by atoms with Gasteiger partial charge in [-0.3, -0.25) is 9.59 Å². The molecule has 8 atom stereocenters. The minimum absolute atomic E-state index is 0.00782. The van der Waals surface area contributed by atoms with Crippen LogP contribution in [-0.2, 0) is 23.8 Å². The van der Waals surface area contributed by atoms with Crippen molar-refractivity contribution < 1.29 is 38.4 Å². The predicted molar refractivity (Wildman–Crippen MR) is 112 cm³/mol. The first-order valence-electron chi connectivity index (χ1n) is 11.4. The molecule has 0 aromatic carbocycles. The first-order valence-corrected chi connectivity index (χ1v) is 11.4. The van der Waals surface area contributed by atoms with Crippen LogP contribution in [0.15, 0.2) is 23.0 Å². The van der Waals surface area contributed by atoms with Crippen molar-refractivity contribution in [2.45, 2.75) is 77.3 Å². The van der Waals surface area contributed by atoms with E-state index in [1.807, 2.05) is 6.92 Å². The number of ether oxygens (including phenoxy) is 3. The van der Waals surface area contributed by atoms with Gasteiger partial charge in [-0.1, -0.05) is 20.3 Å². The number of aliphatic hydroxyl groups excluding tert-OH is 2. The molecule has 2 N–H and O–H groups in total. The summed E-state index contributed by atoms with van der Waals surface area (Å²) in [6.07, 6.45) is 3.18. The normalized spacial score (nSPS) is 41.6. The topological polar surface area (TPSA) is 119 Å². The van der Waals surface area contributed by atoms with Crippen molar-refractivity contribution in [1.29, 1.82) is 0 Å². The molecule has 3 aliphatic rings. The maximum absolute atomic E-state index is 12.1. The highest BCUT2D eigenvalue weighted by molar-refractivity contribution is 5.67. The summed E-state index contributed by atoms with van der Waals surface area (Å²) in [5.41, 5.74) is -1.41. The number of rotatable bonds is 6. The number of carbonyl (C=O) groups excluding carboxylic acids is 2. The third-order valence-corrected chi connectivity index (χ3v) is 8.57. The van der Waals surface area contributed by atoms with Crippen LogP contribution < -0.4 is 0 Å². The predicted octanol–water partition coefficient (Wildman–Crippen LogP) is 2.77. The Morgan fingerprint density at radius 1 is 1.31 bits per heavy atom. The molecule has 178 valence electrons. The standard InChI is InChI=1S/C24H34O8/c1-14-20(28)21(32-16(3)26)24(13-30-15(2)25)19(6-5-8-23(24)12-31-23)22(14,4)10-18(27)17-7-9-29-11-17/h7,9,11,14,18-21,27-28H,5-6,8,10,12-13H2,1-4H3/t14-,18-,19-,20-,21+,22+,23+,24+/m1/s1. The van der Waals surface area contributed by atoms with E-state index in [2.05, 4.69) is 6.92 Å². The molecule has 0 amide bonds. The Kier molecular flexibility index (Phi) is 5.92. The molecule has 2 saturated carbocycles. The summed E-state index contributed by atoms with van der Waals surface area (Å²) in [7, 11) is 0. The number of epoxide rings is 1. The van der Waals surface area contributed by atoms with Crippen LogP contribution in [0.1, 0.15) is 65.0 Å². The maximum Gasteiger partial charge on any atom is 0.303 e. The van der Waals surface area contributed by atoms with Gasteiger partial charge in [0.25, 0.3) is 0 Å². The number of hydrogen-bond acceptors (Lipinski definition) is 8. The quantitative estimate of drug-likeness (QED) is 0.502. The molecule has 1 aromatic heterocycles. The summed E-state index contributed by atoms with van der Waals surface area (Å²) in [6.45, 7) is 7.14. The lowest BCUT2D eigenvalue weighted by Crippen LogP contribution is -2.71. The molecular weight excluding hydrogens is 416 g/mol. The molecule has 0 unspecified atom stereocenters. The Bertz CT molecular complexity index is 846. The van der Waals surface area contributed by atoms with Crippen LogP contribution in [0.3, 0.4) is 0 Å². The molecule has 1 aliphatic heterocycles. The zero-order chi connectivity index (χ0) is 23.3. The number of fused-ring (bicyclic) bond motifs is 2.